The van der Waals surface area contributed by atoms with Gasteiger partial charge in [-0.25, -0.2) is 9.37 Å². The molecule has 0 bridgehead atoms. The fraction of sp³-hybridized carbons (Fsp3) is 0.357. The number of aliphatic hydroxyl groups excluding tert-OH is 1. The first kappa shape index (κ1) is 13.5. The molecule has 1 unspecified atom stereocenters. The van der Waals surface area contributed by atoms with Crippen LogP contribution in [0.1, 0.15) is 30.7 Å². The second kappa shape index (κ2) is 5.84. The van der Waals surface area contributed by atoms with E-state index in [9.17, 15) is 9.50 Å². The van der Waals surface area contributed by atoms with Gasteiger partial charge in [-0.05, 0) is 18.6 Å². The maximum atomic E-state index is 13.9. The Morgan fingerprint density at radius 3 is 2.89 bits per heavy atom. The first-order valence-corrected chi connectivity index (χ1v) is 6.19. The number of ether oxygens (including phenoxy) is 1. The lowest BCUT2D eigenvalue weighted by Crippen LogP contribution is -2.09. The number of hydrogen-bond acceptors (Lipinski definition) is 3. The summed E-state index contributed by atoms with van der Waals surface area (Å²) in [7, 11) is 1.47. The van der Waals surface area contributed by atoms with Crippen LogP contribution in [0.5, 0.6) is 5.75 Å². The van der Waals surface area contributed by atoms with Crippen LogP contribution in [0.3, 0.4) is 0 Å². The number of benzene rings is 1. The summed E-state index contributed by atoms with van der Waals surface area (Å²) in [5, 5.41) is 10.3. The Balaban J connectivity index is 2.33. The van der Waals surface area contributed by atoms with Crippen molar-refractivity contribution in [2.24, 2.45) is 0 Å². The zero-order valence-electron chi connectivity index (χ0n) is 11.0. The van der Waals surface area contributed by atoms with Crippen LogP contribution in [0.4, 0.5) is 4.39 Å². The van der Waals surface area contributed by atoms with Gasteiger partial charge in [-0.3, -0.25) is 0 Å². The third-order valence-electron chi connectivity index (χ3n) is 2.99. The Kier molecular flexibility index (Phi) is 4.16. The highest BCUT2D eigenvalue weighted by Crippen LogP contribution is 2.26. The fourth-order valence-electron chi connectivity index (χ4n) is 2.00. The molecular weight excluding hydrogens is 247 g/mol. The van der Waals surface area contributed by atoms with Gasteiger partial charge >= 0.3 is 0 Å². The maximum Gasteiger partial charge on any atom is 0.133 e. The van der Waals surface area contributed by atoms with Crippen molar-refractivity contribution in [1.82, 2.24) is 9.55 Å². The number of imidazole rings is 1. The predicted octanol–water partition coefficient (Wildman–Crippen LogP) is 2.52. The van der Waals surface area contributed by atoms with E-state index in [4.69, 9.17) is 4.74 Å². The fourth-order valence-corrected chi connectivity index (χ4v) is 2.00. The highest BCUT2D eigenvalue weighted by Gasteiger charge is 2.19. The number of aliphatic hydroxyl groups is 1. The Bertz CT molecular complexity index is 554. The topological polar surface area (TPSA) is 47.3 Å². The molecule has 0 saturated carbocycles. The molecule has 0 amide bonds. The molecule has 0 saturated heterocycles. The van der Waals surface area contributed by atoms with Crippen molar-refractivity contribution in [3.63, 3.8) is 0 Å². The van der Waals surface area contributed by atoms with Gasteiger partial charge in [-0.1, -0.05) is 6.92 Å². The van der Waals surface area contributed by atoms with Crippen molar-refractivity contribution in [3.05, 3.63) is 47.8 Å². The number of methoxy groups -OCH3 is 1. The molecule has 2 rings (SSSR count). The van der Waals surface area contributed by atoms with Gasteiger partial charge in [0, 0.05) is 18.2 Å². The molecule has 0 aliphatic carbocycles. The van der Waals surface area contributed by atoms with Crippen molar-refractivity contribution in [2.75, 3.05) is 7.11 Å². The maximum absolute atomic E-state index is 13.9. The standard InChI is InChI=1S/C14H17FN2O2/c1-3-6-17-9-16-8-13(17)14(18)11-5-4-10(19-2)7-12(11)15/h4-5,7-9,14,18H,3,6H2,1-2H3. The summed E-state index contributed by atoms with van der Waals surface area (Å²) in [4.78, 5) is 4.01. The molecular formula is C14H17FN2O2. The van der Waals surface area contributed by atoms with Crippen molar-refractivity contribution in [1.29, 1.82) is 0 Å². The second-order valence-corrected chi connectivity index (χ2v) is 4.30. The molecule has 5 heteroatoms. The van der Waals surface area contributed by atoms with Gasteiger partial charge < -0.3 is 14.4 Å². The summed E-state index contributed by atoms with van der Waals surface area (Å²) >= 11 is 0. The van der Waals surface area contributed by atoms with Crippen LogP contribution >= 0.6 is 0 Å². The van der Waals surface area contributed by atoms with E-state index >= 15 is 0 Å². The van der Waals surface area contributed by atoms with E-state index in [1.165, 1.54) is 19.2 Å². The lowest BCUT2D eigenvalue weighted by Gasteiger charge is -2.15. The van der Waals surface area contributed by atoms with Gasteiger partial charge in [-0.2, -0.15) is 0 Å². The third-order valence-corrected chi connectivity index (χ3v) is 2.99. The summed E-state index contributed by atoms with van der Waals surface area (Å²) in [6.07, 6.45) is 3.09. The van der Waals surface area contributed by atoms with E-state index in [1.54, 1.807) is 18.6 Å². The summed E-state index contributed by atoms with van der Waals surface area (Å²) in [5.41, 5.74) is 0.810. The van der Waals surface area contributed by atoms with Crippen LogP contribution in [0, 0.1) is 5.82 Å². The van der Waals surface area contributed by atoms with Crippen molar-refractivity contribution in [2.45, 2.75) is 26.0 Å². The molecule has 0 fully saturated rings. The zero-order valence-corrected chi connectivity index (χ0v) is 11.0. The molecule has 1 heterocycles. The largest absolute Gasteiger partial charge is 0.497 e. The van der Waals surface area contributed by atoms with Gasteiger partial charge in [0.05, 0.1) is 25.3 Å². The molecule has 19 heavy (non-hydrogen) atoms. The molecule has 1 aromatic heterocycles. The SMILES string of the molecule is CCCn1cncc1C(O)c1ccc(OC)cc1F. The predicted molar refractivity (Wildman–Crippen MR) is 69.5 cm³/mol. The molecule has 102 valence electrons. The van der Waals surface area contributed by atoms with Crippen LogP contribution < -0.4 is 4.74 Å². The quantitative estimate of drug-likeness (QED) is 0.902. The van der Waals surface area contributed by atoms with Crippen molar-refractivity contribution < 1.29 is 14.2 Å². The van der Waals surface area contributed by atoms with E-state index in [0.29, 0.717) is 11.4 Å². The number of hydrogen-bond donors (Lipinski definition) is 1. The van der Waals surface area contributed by atoms with E-state index < -0.39 is 11.9 Å². The van der Waals surface area contributed by atoms with E-state index in [1.807, 2.05) is 11.5 Å². The molecule has 0 radical (unpaired) electrons. The molecule has 1 aromatic carbocycles. The molecule has 2 aromatic rings. The Morgan fingerprint density at radius 2 is 2.26 bits per heavy atom. The third kappa shape index (κ3) is 2.76. The molecule has 1 atom stereocenters. The smallest absolute Gasteiger partial charge is 0.133 e. The minimum atomic E-state index is -1.03. The first-order valence-electron chi connectivity index (χ1n) is 6.19. The minimum Gasteiger partial charge on any atom is -0.497 e. The summed E-state index contributed by atoms with van der Waals surface area (Å²) in [6.45, 7) is 2.77. The van der Waals surface area contributed by atoms with Crippen LogP contribution in [0.15, 0.2) is 30.7 Å². The number of rotatable bonds is 5. The van der Waals surface area contributed by atoms with Gasteiger partial charge in [0.2, 0.25) is 0 Å². The monoisotopic (exact) mass is 264 g/mol. The average molecular weight is 264 g/mol. The van der Waals surface area contributed by atoms with Crippen LogP contribution in [0.25, 0.3) is 0 Å². The van der Waals surface area contributed by atoms with Crippen LogP contribution in [-0.2, 0) is 6.54 Å². The summed E-state index contributed by atoms with van der Waals surface area (Å²) < 4.78 is 20.7. The van der Waals surface area contributed by atoms with Crippen molar-refractivity contribution >= 4 is 0 Å². The highest BCUT2D eigenvalue weighted by atomic mass is 19.1. The van der Waals surface area contributed by atoms with Crippen LogP contribution in [0.2, 0.25) is 0 Å². The van der Waals surface area contributed by atoms with E-state index in [2.05, 4.69) is 4.98 Å². The lowest BCUT2D eigenvalue weighted by atomic mass is 10.1. The molecule has 0 spiro atoms. The summed E-state index contributed by atoms with van der Waals surface area (Å²) in [5.74, 6) is -0.0633. The van der Waals surface area contributed by atoms with Gasteiger partial charge in [0.1, 0.15) is 17.7 Å². The second-order valence-electron chi connectivity index (χ2n) is 4.30. The zero-order chi connectivity index (χ0) is 13.8. The molecule has 0 aliphatic rings. The van der Waals surface area contributed by atoms with Gasteiger partial charge in [0.15, 0.2) is 0 Å². The number of halogens is 1. The molecule has 1 N–H and O–H groups in total. The summed E-state index contributed by atoms with van der Waals surface area (Å²) in [6, 6.07) is 4.42. The Morgan fingerprint density at radius 1 is 1.47 bits per heavy atom. The number of aromatic nitrogens is 2. The lowest BCUT2D eigenvalue weighted by molar-refractivity contribution is 0.204. The number of nitrogens with zero attached hydrogens (tertiary/aromatic N) is 2. The Hall–Kier alpha value is -1.88. The number of aryl methyl sites for hydroxylation is 1. The molecule has 4 nitrogen and oxygen atoms in total. The minimum absolute atomic E-state index is 0.221. The van der Waals surface area contributed by atoms with E-state index in [0.717, 1.165) is 13.0 Å². The Labute approximate surface area is 111 Å². The van der Waals surface area contributed by atoms with Gasteiger partial charge in [-0.15, -0.1) is 0 Å². The molecule has 0 aliphatic heterocycles. The van der Waals surface area contributed by atoms with Gasteiger partial charge in [0.25, 0.3) is 0 Å². The van der Waals surface area contributed by atoms with Crippen molar-refractivity contribution in [3.8, 4) is 5.75 Å². The van der Waals surface area contributed by atoms with Crippen LogP contribution in [-0.4, -0.2) is 21.8 Å². The highest BCUT2D eigenvalue weighted by molar-refractivity contribution is 5.33. The normalized spacial score (nSPS) is 12.4. The average Bonchev–Trinajstić information content (AvgIpc) is 2.86. The first-order chi connectivity index (χ1) is 9.17. The van der Waals surface area contributed by atoms with E-state index in [-0.39, 0.29) is 5.56 Å².